The number of esters is 1. The van der Waals surface area contributed by atoms with Crippen LogP contribution in [0.4, 0.5) is 19.0 Å². The summed E-state index contributed by atoms with van der Waals surface area (Å²) in [6, 6.07) is 11.0. The standard InChI is InChI=1S/C26H27F3N6O4S/c1-2-18-19(14-31)21(35-11-8-17(9-12-35)38-13-10-30)34-22(20(18)15-32)40-25(23(33)36,16-6-4-3-5-7-16)39-24(37)26(27,28)29/h3-7,17H,2,8-13,30H2,1H3,(H2,33,36). The van der Waals surface area contributed by atoms with Gasteiger partial charge in [-0.15, -0.1) is 0 Å². The summed E-state index contributed by atoms with van der Waals surface area (Å²) in [7, 11) is 0. The average Bonchev–Trinajstić information content (AvgIpc) is 2.94. The molecule has 212 valence electrons. The number of nitrogens with two attached hydrogens (primary N) is 2. The van der Waals surface area contributed by atoms with Crippen molar-refractivity contribution in [1.82, 2.24) is 4.98 Å². The number of pyridine rings is 1. The largest absolute Gasteiger partial charge is 0.491 e. The number of benzene rings is 1. The molecule has 40 heavy (non-hydrogen) atoms. The van der Waals surface area contributed by atoms with Crippen LogP contribution < -0.4 is 16.4 Å². The van der Waals surface area contributed by atoms with Crippen molar-refractivity contribution in [3.05, 3.63) is 52.6 Å². The fraction of sp³-hybridized carbons (Fsp3) is 0.423. The van der Waals surface area contributed by atoms with E-state index in [9.17, 15) is 33.3 Å². The third-order valence-electron chi connectivity index (χ3n) is 6.23. The number of halogens is 3. The minimum Gasteiger partial charge on any atom is -0.427 e. The van der Waals surface area contributed by atoms with Crippen molar-refractivity contribution in [2.75, 3.05) is 31.1 Å². The zero-order valence-electron chi connectivity index (χ0n) is 21.5. The first-order chi connectivity index (χ1) is 19.0. The predicted octanol–water partition coefficient (Wildman–Crippen LogP) is 2.87. The lowest BCUT2D eigenvalue weighted by atomic mass is 10.0. The molecule has 0 bridgehead atoms. The van der Waals surface area contributed by atoms with Crippen LogP contribution in [0, 0.1) is 22.7 Å². The molecule has 1 atom stereocenters. The maximum Gasteiger partial charge on any atom is 0.491 e. The van der Waals surface area contributed by atoms with Crippen molar-refractivity contribution in [2.24, 2.45) is 11.5 Å². The summed E-state index contributed by atoms with van der Waals surface area (Å²) in [6.07, 6.45) is -4.11. The Bertz CT molecular complexity index is 1320. The van der Waals surface area contributed by atoms with Crippen molar-refractivity contribution >= 4 is 29.5 Å². The summed E-state index contributed by atoms with van der Waals surface area (Å²) in [4.78, 5) is 28.4. The van der Waals surface area contributed by atoms with Gasteiger partial charge in [-0.25, -0.2) is 9.78 Å². The summed E-state index contributed by atoms with van der Waals surface area (Å²) in [6.45, 7) is 3.33. The highest BCUT2D eigenvalue weighted by Gasteiger charge is 2.52. The number of aromatic nitrogens is 1. The molecule has 1 aromatic heterocycles. The highest BCUT2D eigenvalue weighted by Crippen LogP contribution is 2.46. The molecule has 0 radical (unpaired) electrons. The van der Waals surface area contributed by atoms with Gasteiger partial charge in [0.05, 0.1) is 23.8 Å². The molecule has 1 saturated heterocycles. The summed E-state index contributed by atoms with van der Waals surface area (Å²) in [5.41, 5.74) is 11.2. The number of ether oxygens (including phenoxy) is 2. The maximum absolute atomic E-state index is 13.3. The van der Waals surface area contributed by atoms with Crippen molar-refractivity contribution in [3.63, 3.8) is 0 Å². The van der Waals surface area contributed by atoms with E-state index in [2.05, 4.69) is 11.1 Å². The SMILES string of the molecule is CCc1c(C#N)c(SC(OC(=O)C(F)(F)F)(C(N)=O)c2ccccc2)nc(N2CCC(OCCN)CC2)c1C#N. The van der Waals surface area contributed by atoms with E-state index in [4.69, 9.17) is 20.9 Å². The Hall–Kier alpha value is -3.85. The molecule has 1 fully saturated rings. The summed E-state index contributed by atoms with van der Waals surface area (Å²) in [5.74, 6) is -3.88. The summed E-state index contributed by atoms with van der Waals surface area (Å²) >= 11 is 0.306. The third-order valence-corrected chi connectivity index (χ3v) is 7.52. The number of piperidine rings is 1. The molecule has 0 aliphatic carbocycles. The number of carbonyl (C=O) groups is 2. The molecule has 1 aliphatic rings. The molecule has 1 aromatic carbocycles. The number of nitriles is 2. The van der Waals surface area contributed by atoms with E-state index in [1.165, 1.54) is 24.3 Å². The van der Waals surface area contributed by atoms with Crippen molar-refractivity contribution in [2.45, 2.75) is 48.4 Å². The summed E-state index contributed by atoms with van der Waals surface area (Å²) in [5, 5.41) is 19.8. The monoisotopic (exact) mass is 576 g/mol. The van der Waals surface area contributed by atoms with Gasteiger partial charge in [-0.1, -0.05) is 37.3 Å². The number of rotatable bonds is 10. The van der Waals surface area contributed by atoms with Crippen LogP contribution in [0.1, 0.15) is 42.0 Å². The highest BCUT2D eigenvalue weighted by molar-refractivity contribution is 8.00. The fourth-order valence-corrected chi connectivity index (χ4v) is 5.47. The topological polar surface area (TPSA) is 168 Å². The van der Waals surface area contributed by atoms with E-state index in [1.54, 1.807) is 17.9 Å². The lowest BCUT2D eigenvalue weighted by Gasteiger charge is -2.34. The Morgan fingerprint density at radius 2 is 1.77 bits per heavy atom. The normalized spacial score (nSPS) is 15.5. The van der Waals surface area contributed by atoms with E-state index in [0.717, 1.165) is 0 Å². The van der Waals surface area contributed by atoms with Crippen LogP contribution >= 0.6 is 11.8 Å². The van der Waals surface area contributed by atoms with Gasteiger partial charge in [0, 0.05) is 25.2 Å². The Morgan fingerprint density at radius 1 is 1.15 bits per heavy atom. The van der Waals surface area contributed by atoms with Gasteiger partial charge in [0.15, 0.2) is 0 Å². The number of amides is 1. The van der Waals surface area contributed by atoms with Gasteiger partial charge in [-0.05, 0) is 36.6 Å². The second kappa shape index (κ2) is 13.0. The van der Waals surface area contributed by atoms with Gasteiger partial charge < -0.3 is 25.8 Å². The molecule has 4 N–H and O–H groups in total. The van der Waals surface area contributed by atoms with Crippen LogP contribution in [-0.4, -0.2) is 55.4 Å². The van der Waals surface area contributed by atoms with Crippen LogP contribution in [0.2, 0.25) is 0 Å². The molecule has 10 nitrogen and oxygen atoms in total. The molecule has 1 unspecified atom stereocenters. The van der Waals surface area contributed by atoms with Crippen molar-refractivity contribution < 1.29 is 32.2 Å². The van der Waals surface area contributed by atoms with Crippen molar-refractivity contribution in [3.8, 4) is 12.1 Å². The Kier molecular flexibility index (Phi) is 9.98. The first-order valence-electron chi connectivity index (χ1n) is 12.3. The van der Waals surface area contributed by atoms with Crippen LogP contribution in [0.3, 0.4) is 0 Å². The first-order valence-corrected chi connectivity index (χ1v) is 13.1. The average molecular weight is 577 g/mol. The number of thioether (sulfide) groups is 1. The number of hydrogen-bond acceptors (Lipinski definition) is 10. The van der Waals surface area contributed by atoms with Gasteiger partial charge in [-0.3, -0.25) is 4.79 Å². The minimum absolute atomic E-state index is 0.0504. The second-order valence-electron chi connectivity index (χ2n) is 8.73. The zero-order chi connectivity index (χ0) is 29.5. The Balaban J connectivity index is 2.18. The number of anilines is 1. The van der Waals surface area contributed by atoms with E-state index in [-0.39, 0.29) is 45.6 Å². The van der Waals surface area contributed by atoms with Gasteiger partial charge >= 0.3 is 12.1 Å². The number of nitrogens with zero attached hydrogens (tertiary/aromatic N) is 4. The van der Waals surface area contributed by atoms with E-state index in [0.29, 0.717) is 50.8 Å². The number of carbonyl (C=O) groups excluding carboxylic acids is 2. The molecule has 2 heterocycles. The van der Waals surface area contributed by atoms with Gasteiger partial charge in [-0.2, -0.15) is 23.7 Å². The maximum atomic E-state index is 13.3. The molecule has 3 rings (SSSR count). The number of primary amides is 1. The molecule has 14 heteroatoms. The number of hydrogen-bond donors (Lipinski definition) is 2. The molecule has 0 spiro atoms. The minimum atomic E-state index is -5.44. The molecule has 1 amide bonds. The molecule has 1 aliphatic heterocycles. The lowest BCUT2D eigenvalue weighted by molar-refractivity contribution is -0.208. The second-order valence-corrected chi connectivity index (χ2v) is 9.89. The zero-order valence-corrected chi connectivity index (χ0v) is 22.3. The van der Waals surface area contributed by atoms with Gasteiger partial charge in [0.25, 0.3) is 10.8 Å². The quantitative estimate of drug-likeness (QED) is 0.244. The van der Waals surface area contributed by atoms with Crippen LogP contribution in [-0.2, 0) is 30.4 Å². The van der Waals surface area contributed by atoms with Gasteiger partial charge in [0.1, 0.15) is 23.0 Å². The summed E-state index contributed by atoms with van der Waals surface area (Å²) < 4.78 is 50.4. The third kappa shape index (κ3) is 6.47. The fourth-order valence-electron chi connectivity index (χ4n) is 4.32. The van der Waals surface area contributed by atoms with E-state index < -0.39 is 23.0 Å². The molecular weight excluding hydrogens is 549 g/mol. The first kappa shape index (κ1) is 30.7. The lowest BCUT2D eigenvalue weighted by Crippen LogP contribution is -2.45. The highest BCUT2D eigenvalue weighted by atomic mass is 32.2. The Labute approximate surface area is 233 Å². The van der Waals surface area contributed by atoms with Crippen LogP contribution in [0.15, 0.2) is 35.4 Å². The molecule has 2 aromatic rings. The predicted molar refractivity (Wildman–Crippen MR) is 139 cm³/mol. The van der Waals surface area contributed by atoms with E-state index in [1.807, 2.05) is 6.07 Å². The number of alkyl halides is 3. The Morgan fingerprint density at radius 3 is 2.27 bits per heavy atom. The van der Waals surface area contributed by atoms with Crippen LogP contribution in [0.25, 0.3) is 0 Å². The molecule has 0 saturated carbocycles. The smallest absolute Gasteiger partial charge is 0.427 e. The molecular formula is C26H27F3N6O4S. The van der Waals surface area contributed by atoms with E-state index >= 15 is 0 Å². The van der Waals surface area contributed by atoms with Crippen LogP contribution in [0.5, 0.6) is 0 Å². The van der Waals surface area contributed by atoms with Gasteiger partial charge in [0.2, 0.25) is 0 Å². The van der Waals surface area contributed by atoms with Crippen molar-refractivity contribution in [1.29, 1.82) is 10.5 Å².